The third kappa shape index (κ3) is 6.21. The van der Waals surface area contributed by atoms with Crippen molar-refractivity contribution in [1.82, 2.24) is 0 Å². The van der Waals surface area contributed by atoms with Crippen molar-refractivity contribution < 1.29 is 19.2 Å². The predicted molar refractivity (Wildman–Crippen MR) is 114 cm³/mol. The SMILES string of the molecule is CCOC(=O)/C(=C/c1ccc(N(CC(C)C)C2CCCCC2)c([N+](=O)[O-])c1)OC. The number of carbonyl (C=O) groups is 1. The molecule has 1 fully saturated rings. The Labute approximate surface area is 172 Å². The Morgan fingerprint density at radius 1 is 1.31 bits per heavy atom. The van der Waals surface area contributed by atoms with Crippen LogP contribution in [0.4, 0.5) is 11.4 Å². The second-order valence-corrected chi connectivity index (χ2v) is 7.78. The van der Waals surface area contributed by atoms with Crippen molar-refractivity contribution in [3.05, 3.63) is 39.6 Å². The molecule has 1 aromatic carbocycles. The first kappa shape index (κ1) is 22.7. The van der Waals surface area contributed by atoms with E-state index >= 15 is 0 Å². The van der Waals surface area contributed by atoms with E-state index in [2.05, 4.69) is 18.7 Å². The molecule has 1 saturated carbocycles. The summed E-state index contributed by atoms with van der Waals surface area (Å²) in [6.45, 7) is 6.96. The summed E-state index contributed by atoms with van der Waals surface area (Å²) in [4.78, 5) is 25.7. The number of nitro groups is 1. The smallest absolute Gasteiger partial charge is 0.373 e. The first-order valence-electron chi connectivity index (χ1n) is 10.3. The molecule has 0 heterocycles. The maximum absolute atomic E-state index is 11.9. The lowest BCUT2D eigenvalue weighted by molar-refractivity contribution is -0.384. The molecule has 0 atom stereocenters. The Balaban J connectivity index is 2.43. The summed E-state index contributed by atoms with van der Waals surface area (Å²) in [5.41, 5.74) is 1.21. The van der Waals surface area contributed by atoms with Crippen molar-refractivity contribution in [3.63, 3.8) is 0 Å². The van der Waals surface area contributed by atoms with E-state index in [-0.39, 0.29) is 23.0 Å². The van der Waals surface area contributed by atoms with Crippen molar-refractivity contribution in [2.45, 2.75) is 58.9 Å². The van der Waals surface area contributed by atoms with E-state index in [1.54, 1.807) is 19.1 Å². The number of nitro benzene ring substituents is 1. The largest absolute Gasteiger partial charge is 0.490 e. The Kier molecular flexibility index (Phi) is 8.49. The van der Waals surface area contributed by atoms with Gasteiger partial charge in [-0.3, -0.25) is 10.1 Å². The van der Waals surface area contributed by atoms with Gasteiger partial charge in [0.1, 0.15) is 5.69 Å². The second kappa shape index (κ2) is 10.8. The van der Waals surface area contributed by atoms with E-state index in [0.29, 0.717) is 23.2 Å². The highest BCUT2D eigenvalue weighted by Gasteiger charge is 2.28. The zero-order chi connectivity index (χ0) is 21.4. The number of carbonyl (C=O) groups excluding carboxylic acids is 1. The molecule has 0 radical (unpaired) electrons. The first-order chi connectivity index (χ1) is 13.9. The van der Waals surface area contributed by atoms with E-state index in [1.165, 1.54) is 25.7 Å². The minimum atomic E-state index is -0.592. The van der Waals surface area contributed by atoms with Crippen LogP contribution < -0.4 is 4.90 Å². The molecule has 0 aromatic heterocycles. The molecule has 0 N–H and O–H groups in total. The van der Waals surface area contributed by atoms with Gasteiger partial charge in [0.25, 0.3) is 5.69 Å². The number of esters is 1. The molecule has 1 aliphatic rings. The number of benzene rings is 1. The standard InChI is InChI=1S/C22H32N2O5/c1-5-29-22(25)21(28-4)14-17-11-12-19(20(13-17)24(26)27)23(15-16(2)3)18-9-7-6-8-10-18/h11-14,16,18H,5-10,15H2,1-4H3/b21-14-. The van der Waals surface area contributed by atoms with Gasteiger partial charge in [0.05, 0.1) is 18.6 Å². The minimum Gasteiger partial charge on any atom is -0.490 e. The van der Waals surface area contributed by atoms with Crippen LogP contribution in [0.1, 0.15) is 58.4 Å². The molecule has 2 rings (SSSR count). The summed E-state index contributed by atoms with van der Waals surface area (Å²) in [6.07, 6.45) is 7.13. The molecule has 160 valence electrons. The fourth-order valence-corrected chi connectivity index (χ4v) is 3.80. The van der Waals surface area contributed by atoms with Gasteiger partial charge >= 0.3 is 5.97 Å². The average Bonchev–Trinajstić information content (AvgIpc) is 2.70. The Hall–Kier alpha value is -2.57. The van der Waals surface area contributed by atoms with Crippen LogP contribution in [0.3, 0.4) is 0 Å². The fourth-order valence-electron chi connectivity index (χ4n) is 3.80. The van der Waals surface area contributed by atoms with Crippen LogP contribution in [0.2, 0.25) is 0 Å². The molecule has 29 heavy (non-hydrogen) atoms. The van der Waals surface area contributed by atoms with Crippen molar-refractivity contribution in [2.24, 2.45) is 5.92 Å². The number of ether oxygens (including phenoxy) is 2. The average molecular weight is 405 g/mol. The zero-order valence-electron chi connectivity index (χ0n) is 17.8. The maximum atomic E-state index is 11.9. The molecule has 0 saturated heterocycles. The topological polar surface area (TPSA) is 81.9 Å². The first-order valence-corrected chi connectivity index (χ1v) is 10.3. The number of anilines is 1. The number of methoxy groups -OCH3 is 1. The summed E-state index contributed by atoms with van der Waals surface area (Å²) in [6, 6.07) is 5.40. The highest BCUT2D eigenvalue weighted by molar-refractivity contribution is 5.91. The molecular weight excluding hydrogens is 372 g/mol. The van der Waals surface area contributed by atoms with Gasteiger partial charge in [0.15, 0.2) is 0 Å². The van der Waals surface area contributed by atoms with Crippen molar-refractivity contribution in [3.8, 4) is 0 Å². The van der Waals surface area contributed by atoms with Crippen LogP contribution in [-0.4, -0.2) is 37.2 Å². The molecule has 0 amide bonds. The lowest BCUT2D eigenvalue weighted by atomic mass is 9.92. The Bertz CT molecular complexity index is 739. The summed E-state index contributed by atoms with van der Waals surface area (Å²) in [7, 11) is 1.37. The van der Waals surface area contributed by atoms with Crippen LogP contribution in [0, 0.1) is 16.0 Å². The van der Waals surface area contributed by atoms with E-state index in [4.69, 9.17) is 9.47 Å². The van der Waals surface area contributed by atoms with Gasteiger partial charge in [-0.25, -0.2) is 4.79 Å². The highest BCUT2D eigenvalue weighted by Crippen LogP contribution is 2.35. The molecule has 0 unspecified atom stereocenters. The van der Waals surface area contributed by atoms with Gasteiger partial charge in [-0.1, -0.05) is 39.2 Å². The van der Waals surface area contributed by atoms with Crippen molar-refractivity contribution in [2.75, 3.05) is 25.2 Å². The van der Waals surface area contributed by atoms with E-state index in [0.717, 1.165) is 32.2 Å². The molecular formula is C22H32N2O5. The van der Waals surface area contributed by atoms with Gasteiger partial charge in [-0.2, -0.15) is 0 Å². The van der Waals surface area contributed by atoms with Gasteiger partial charge in [0.2, 0.25) is 5.76 Å². The molecule has 1 aromatic rings. The van der Waals surface area contributed by atoms with Crippen LogP contribution in [0.15, 0.2) is 24.0 Å². The van der Waals surface area contributed by atoms with Crippen LogP contribution in [0.5, 0.6) is 0 Å². The molecule has 0 aliphatic heterocycles. The van der Waals surface area contributed by atoms with Crippen LogP contribution in [0.25, 0.3) is 6.08 Å². The molecule has 1 aliphatic carbocycles. The third-order valence-corrected chi connectivity index (χ3v) is 5.08. The summed E-state index contributed by atoms with van der Waals surface area (Å²) in [5, 5.41) is 11.9. The van der Waals surface area contributed by atoms with Crippen LogP contribution in [-0.2, 0) is 14.3 Å². The number of rotatable bonds is 9. The number of hydrogen-bond donors (Lipinski definition) is 0. The second-order valence-electron chi connectivity index (χ2n) is 7.78. The van der Waals surface area contributed by atoms with Gasteiger partial charge in [-0.05, 0) is 43.4 Å². The number of hydrogen-bond acceptors (Lipinski definition) is 6. The Morgan fingerprint density at radius 2 is 2.00 bits per heavy atom. The van der Waals surface area contributed by atoms with Crippen molar-refractivity contribution in [1.29, 1.82) is 0 Å². The number of nitrogens with zero attached hydrogens (tertiary/aromatic N) is 2. The highest BCUT2D eigenvalue weighted by atomic mass is 16.6. The summed E-state index contributed by atoms with van der Waals surface area (Å²) in [5.74, 6) is -0.189. The van der Waals surface area contributed by atoms with Gasteiger partial charge < -0.3 is 14.4 Å². The Morgan fingerprint density at radius 3 is 2.55 bits per heavy atom. The zero-order valence-corrected chi connectivity index (χ0v) is 17.8. The summed E-state index contributed by atoms with van der Waals surface area (Å²) < 4.78 is 10.1. The van der Waals surface area contributed by atoms with Crippen LogP contribution >= 0.6 is 0 Å². The summed E-state index contributed by atoms with van der Waals surface area (Å²) >= 11 is 0. The quantitative estimate of drug-likeness (QED) is 0.191. The monoisotopic (exact) mass is 404 g/mol. The lowest BCUT2D eigenvalue weighted by Crippen LogP contribution is -2.39. The van der Waals surface area contributed by atoms with Gasteiger partial charge in [-0.15, -0.1) is 0 Å². The van der Waals surface area contributed by atoms with Crippen molar-refractivity contribution >= 4 is 23.4 Å². The van der Waals surface area contributed by atoms with E-state index in [1.807, 2.05) is 0 Å². The van der Waals surface area contributed by atoms with Gasteiger partial charge in [0, 0.05) is 18.7 Å². The fraction of sp³-hybridized carbons (Fsp3) is 0.591. The normalized spacial score (nSPS) is 15.3. The molecule has 7 heteroatoms. The van der Waals surface area contributed by atoms with E-state index < -0.39 is 5.97 Å². The molecule has 0 bridgehead atoms. The predicted octanol–water partition coefficient (Wildman–Crippen LogP) is 4.94. The minimum absolute atomic E-state index is 0.0141. The van der Waals surface area contributed by atoms with E-state index in [9.17, 15) is 14.9 Å². The maximum Gasteiger partial charge on any atom is 0.373 e. The molecule has 7 nitrogen and oxygen atoms in total. The molecule has 0 spiro atoms. The third-order valence-electron chi connectivity index (χ3n) is 5.08. The lowest BCUT2D eigenvalue weighted by Gasteiger charge is -2.37.